The number of carbonyl (C=O) groups excluding carboxylic acids is 2. The number of thiazole rings is 1. The number of hydrogen-bond acceptors (Lipinski definition) is 6. The highest BCUT2D eigenvalue weighted by atomic mass is 32.2. The van der Waals surface area contributed by atoms with Crippen molar-refractivity contribution in [1.82, 2.24) is 15.2 Å². The summed E-state index contributed by atoms with van der Waals surface area (Å²) in [6.07, 6.45) is 2.02. The molecule has 0 unspecified atom stereocenters. The molecule has 0 aliphatic carbocycles. The molecule has 6 nitrogen and oxygen atoms in total. The summed E-state index contributed by atoms with van der Waals surface area (Å²) in [6, 6.07) is 6.01. The van der Waals surface area contributed by atoms with Gasteiger partial charge in [0.25, 0.3) is 0 Å². The zero-order valence-electron chi connectivity index (χ0n) is 15.2. The summed E-state index contributed by atoms with van der Waals surface area (Å²) in [4.78, 5) is 31.2. The quantitative estimate of drug-likeness (QED) is 0.754. The van der Waals surface area contributed by atoms with Gasteiger partial charge in [-0.15, -0.1) is 11.8 Å². The number of aromatic nitrogens is 1. The van der Waals surface area contributed by atoms with E-state index < -0.39 is 0 Å². The molecular weight excluding hydrogens is 356 g/mol. The third-order valence-electron chi connectivity index (χ3n) is 3.42. The Labute approximate surface area is 156 Å². The van der Waals surface area contributed by atoms with Gasteiger partial charge in [-0.3, -0.25) is 9.59 Å². The first-order valence-corrected chi connectivity index (χ1v) is 9.95. The molecule has 2 amide bonds. The largest absolute Gasteiger partial charge is 0.335 e. The van der Waals surface area contributed by atoms with Gasteiger partial charge in [-0.1, -0.05) is 11.3 Å². The van der Waals surface area contributed by atoms with Crippen LogP contribution in [0.25, 0.3) is 10.2 Å². The molecule has 1 aromatic heterocycles. The number of hydrogen-bond donors (Lipinski definition) is 2. The van der Waals surface area contributed by atoms with Crippen LogP contribution in [0.15, 0.2) is 23.1 Å². The Morgan fingerprint density at radius 1 is 1.32 bits per heavy atom. The SMILES string of the molecule is CSc1ccc2nc(NC(=O)CN(C)C(=O)CNC(C)(C)C)sc2c1. The number of carbonyl (C=O) groups is 2. The van der Waals surface area contributed by atoms with Gasteiger partial charge in [0, 0.05) is 17.5 Å². The first-order chi connectivity index (χ1) is 11.7. The van der Waals surface area contributed by atoms with E-state index in [0.717, 1.165) is 15.1 Å². The van der Waals surface area contributed by atoms with Gasteiger partial charge >= 0.3 is 0 Å². The third kappa shape index (κ3) is 5.98. The molecule has 2 N–H and O–H groups in total. The van der Waals surface area contributed by atoms with E-state index in [9.17, 15) is 9.59 Å². The predicted molar refractivity (Wildman–Crippen MR) is 105 cm³/mol. The average molecular weight is 381 g/mol. The maximum absolute atomic E-state index is 12.2. The van der Waals surface area contributed by atoms with Crippen LogP contribution in [0.5, 0.6) is 0 Å². The molecule has 0 atom stereocenters. The smallest absolute Gasteiger partial charge is 0.245 e. The highest BCUT2D eigenvalue weighted by Crippen LogP contribution is 2.29. The molecule has 136 valence electrons. The van der Waals surface area contributed by atoms with Crippen LogP contribution >= 0.6 is 23.1 Å². The number of benzene rings is 1. The van der Waals surface area contributed by atoms with Crippen molar-refractivity contribution in [3.8, 4) is 0 Å². The summed E-state index contributed by atoms with van der Waals surface area (Å²) >= 11 is 3.10. The second-order valence-electron chi connectivity index (χ2n) is 6.75. The summed E-state index contributed by atoms with van der Waals surface area (Å²) in [5.41, 5.74) is 0.715. The Kier molecular flexibility index (Phi) is 6.42. The maximum atomic E-state index is 12.2. The zero-order valence-corrected chi connectivity index (χ0v) is 16.8. The van der Waals surface area contributed by atoms with Gasteiger partial charge < -0.3 is 15.5 Å². The standard InChI is InChI=1S/C17H24N4O2S2/c1-17(2,3)18-9-15(23)21(4)10-14(22)20-16-19-12-7-6-11(24-5)8-13(12)25-16/h6-8,18H,9-10H2,1-5H3,(H,19,20,22). The predicted octanol–water partition coefficient (Wildman–Crippen LogP) is 2.80. The summed E-state index contributed by atoms with van der Waals surface area (Å²) in [5, 5.41) is 6.44. The highest BCUT2D eigenvalue weighted by Gasteiger charge is 2.17. The van der Waals surface area contributed by atoms with Crippen molar-refractivity contribution in [2.75, 3.05) is 31.7 Å². The van der Waals surface area contributed by atoms with Gasteiger partial charge in [-0.05, 0) is 45.2 Å². The molecule has 0 aliphatic heterocycles. The van der Waals surface area contributed by atoms with Crippen LogP contribution in [-0.4, -0.2) is 53.6 Å². The molecule has 2 rings (SSSR count). The van der Waals surface area contributed by atoms with Gasteiger partial charge in [0.2, 0.25) is 11.8 Å². The molecule has 0 spiro atoms. The van der Waals surface area contributed by atoms with Crippen LogP contribution in [0.4, 0.5) is 5.13 Å². The number of thioether (sulfide) groups is 1. The monoisotopic (exact) mass is 380 g/mol. The van der Waals surface area contributed by atoms with Crippen molar-refractivity contribution in [2.45, 2.75) is 31.2 Å². The lowest BCUT2D eigenvalue weighted by molar-refractivity contribution is -0.132. The van der Waals surface area contributed by atoms with Crippen molar-refractivity contribution >= 4 is 50.3 Å². The van der Waals surface area contributed by atoms with Crippen LogP contribution in [0.2, 0.25) is 0 Å². The van der Waals surface area contributed by atoms with E-state index >= 15 is 0 Å². The minimum absolute atomic E-state index is 0.00333. The molecule has 25 heavy (non-hydrogen) atoms. The van der Waals surface area contributed by atoms with Crippen LogP contribution in [0.3, 0.4) is 0 Å². The normalized spacial score (nSPS) is 11.6. The zero-order chi connectivity index (χ0) is 18.6. The third-order valence-corrected chi connectivity index (χ3v) is 5.08. The number of fused-ring (bicyclic) bond motifs is 1. The van der Waals surface area contributed by atoms with Gasteiger partial charge in [0.05, 0.1) is 23.3 Å². The minimum atomic E-state index is -0.254. The molecule has 0 fully saturated rings. The van der Waals surface area contributed by atoms with Crippen molar-refractivity contribution in [3.05, 3.63) is 18.2 Å². The number of anilines is 1. The Bertz CT molecular complexity index is 768. The van der Waals surface area contributed by atoms with Crippen LogP contribution in [0, 0.1) is 0 Å². The second kappa shape index (κ2) is 8.16. The number of likely N-dealkylation sites (N-methyl/N-ethyl adjacent to an activating group) is 1. The lowest BCUT2D eigenvalue weighted by Gasteiger charge is -2.23. The molecule has 8 heteroatoms. The molecule has 0 bridgehead atoms. The lowest BCUT2D eigenvalue weighted by Crippen LogP contribution is -2.45. The van der Waals surface area contributed by atoms with Gasteiger partial charge in [-0.2, -0.15) is 0 Å². The molecular formula is C17H24N4O2S2. The van der Waals surface area contributed by atoms with E-state index in [0.29, 0.717) is 5.13 Å². The molecule has 2 aromatic rings. The van der Waals surface area contributed by atoms with Crippen molar-refractivity contribution in [3.63, 3.8) is 0 Å². The molecule has 0 saturated heterocycles. The van der Waals surface area contributed by atoms with E-state index in [-0.39, 0.29) is 30.4 Å². The topological polar surface area (TPSA) is 74.3 Å². The Morgan fingerprint density at radius 2 is 2.04 bits per heavy atom. The average Bonchev–Trinajstić information content (AvgIpc) is 2.92. The van der Waals surface area contributed by atoms with Crippen LogP contribution in [0.1, 0.15) is 20.8 Å². The van der Waals surface area contributed by atoms with Crippen molar-refractivity contribution in [2.24, 2.45) is 0 Å². The van der Waals surface area contributed by atoms with Gasteiger partial charge in [0.1, 0.15) is 0 Å². The van der Waals surface area contributed by atoms with E-state index in [1.54, 1.807) is 18.8 Å². The molecule has 1 heterocycles. The summed E-state index contributed by atoms with van der Waals surface area (Å²) in [5.74, 6) is -0.380. The fourth-order valence-electron chi connectivity index (χ4n) is 2.02. The van der Waals surface area contributed by atoms with Gasteiger partial charge in [-0.25, -0.2) is 4.98 Å². The summed E-state index contributed by atoms with van der Waals surface area (Å²) in [7, 11) is 1.62. The minimum Gasteiger partial charge on any atom is -0.335 e. The van der Waals surface area contributed by atoms with E-state index in [2.05, 4.69) is 21.7 Å². The Balaban J connectivity index is 1.92. The first-order valence-electron chi connectivity index (χ1n) is 7.91. The number of amides is 2. The Morgan fingerprint density at radius 3 is 2.68 bits per heavy atom. The molecule has 0 radical (unpaired) electrons. The van der Waals surface area contributed by atoms with Gasteiger partial charge in [0.15, 0.2) is 5.13 Å². The fraction of sp³-hybridized carbons (Fsp3) is 0.471. The summed E-state index contributed by atoms with van der Waals surface area (Å²) < 4.78 is 1.03. The van der Waals surface area contributed by atoms with E-state index in [1.165, 1.54) is 16.2 Å². The Hall–Kier alpha value is -1.64. The number of nitrogens with one attached hydrogen (secondary N) is 2. The highest BCUT2D eigenvalue weighted by molar-refractivity contribution is 7.98. The van der Waals surface area contributed by atoms with E-state index in [1.807, 2.05) is 39.2 Å². The second-order valence-corrected chi connectivity index (χ2v) is 8.66. The number of nitrogens with zero attached hydrogens (tertiary/aromatic N) is 2. The first kappa shape index (κ1) is 19.7. The molecule has 0 aliphatic rings. The molecule has 1 aromatic carbocycles. The van der Waals surface area contributed by atoms with Crippen molar-refractivity contribution in [1.29, 1.82) is 0 Å². The van der Waals surface area contributed by atoms with E-state index in [4.69, 9.17) is 0 Å². The lowest BCUT2D eigenvalue weighted by atomic mass is 10.1. The summed E-state index contributed by atoms with van der Waals surface area (Å²) in [6.45, 7) is 6.16. The van der Waals surface area contributed by atoms with Crippen molar-refractivity contribution < 1.29 is 9.59 Å². The van der Waals surface area contributed by atoms with Crippen LogP contribution in [-0.2, 0) is 9.59 Å². The molecule has 0 saturated carbocycles. The maximum Gasteiger partial charge on any atom is 0.245 e. The number of rotatable bonds is 6. The fourth-order valence-corrected chi connectivity index (χ4v) is 3.46. The van der Waals surface area contributed by atoms with Crippen LogP contribution < -0.4 is 10.6 Å².